The fourth-order valence-electron chi connectivity index (χ4n) is 1.51. The lowest BCUT2D eigenvalue weighted by atomic mass is 10.2. The monoisotopic (exact) mass is 259 g/mol. The lowest BCUT2D eigenvalue weighted by molar-refractivity contribution is 0.792. The molecule has 0 N–H and O–H groups in total. The molecule has 2 rings (SSSR count). The summed E-state index contributed by atoms with van der Waals surface area (Å²) < 4.78 is 1.96. The van der Waals surface area contributed by atoms with Gasteiger partial charge in [-0.05, 0) is 18.6 Å². The second-order valence-electron chi connectivity index (χ2n) is 3.71. The van der Waals surface area contributed by atoms with Crippen LogP contribution in [0.5, 0.6) is 0 Å². The SMILES string of the molecule is Cn1c(SCCCC#N)nnc1-c1ccncc1. The Morgan fingerprint density at radius 3 is 2.83 bits per heavy atom. The summed E-state index contributed by atoms with van der Waals surface area (Å²) in [5, 5.41) is 17.7. The molecule has 0 saturated carbocycles. The Bertz CT molecular complexity index is 543. The van der Waals surface area contributed by atoms with Gasteiger partial charge < -0.3 is 4.57 Å². The van der Waals surface area contributed by atoms with E-state index in [-0.39, 0.29) is 0 Å². The van der Waals surface area contributed by atoms with Crippen molar-refractivity contribution >= 4 is 11.8 Å². The van der Waals surface area contributed by atoms with Crippen LogP contribution in [0.4, 0.5) is 0 Å². The Balaban J connectivity index is 2.08. The lowest BCUT2D eigenvalue weighted by Gasteiger charge is -2.02. The van der Waals surface area contributed by atoms with Crippen molar-refractivity contribution in [2.24, 2.45) is 7.05 Å². The van der Waals surface area contributed by atoms with Crippen molar-refractivity contribution in [1.82, 2.24) is 19.7 Å². The van der Waals surface area contributed by atoms with Crippen LogP contribution in [0.25, 0.3) is 11.4 Å². The third-order valence-corrected chi connectivity index (χ3v) is 3.54. The minimum atomic E-state index is 0.585. The second kappa shape index (κ2) is 6.17. The molecule has 0 fully saturated rings. The Hall–Kier alpha value is -1.87. The van der Waals surface area contributed by atoms with E-state index in [9.17, 15) is 0 Å². The van der Waals surface area contributed by atoms with Crippen LogP contribution in [0.3, 0.4) is 0 Å². The van der Waals surface area contributed by atoms with Gasteiger partial charge in [0.05, 0.1) is 6.07 Å². The van der Waals surface area contributed by atoms with E-state index in [1.165, 1.54) is 0 Å². The van der Waals surface area contributed by atoms with E-state index in [1.807, 2.05) is 23.7 Å². The van der Waals surface area contributed by atoms with Gasteiger partial charge in [-0.25, -0.2) is 0 Å². The molecular weight excluding hydrogens is 246 g/mol. The molecule has 0 atom stereocenters. The first kappa shape index (κ1) is 12.6. The maximum atomic E-state index is 8.47. The largest absolute Gasteiger partial charge is 0.305 e. The number of rotatable bonds is 5. The molecule has 0 amide bonds. The Morgan fingerprint density at radius 1 is 1.33 bits per heavy atom. The molecule has 0 aromatic carbocycles. The van der Waals surface area contributed by atoms with Crippen LogP contribution in [0, 0.1) is 11.3 Å². The molecule has 0 aliphatic heterocycles. The summed E-state index contributed by atoms with van der Waals surface area (Å²) in [5.41, 5.74) is 1.00. The van der Waals surface area contributed by atoms with E-state index in [4.69, 9.17) is 5.26 Å². The van der Waals surface area contributed by atoms with Crippen molar-refractivity contribution in [3.05, 3.63) is 24.5 Å². The molecule has 0 aliphatic carbocycles. The molecule has 92 valence electrons. The predicted molar refractivity (Wildman–Crippen MR) is 69.8 cm³/mol. The number of nitrogens with zero attached hydrogens (tertiary/aromatic N) is 5. The van der Waals surface area contributed by atoms with Gasteiger partial charge in [-0.2, -0.15) is 5.26 Å². The van der Waals surface area contributed by atoms with Gasteiger partial charge in [0, 0.05) is 37.2 Å². The van der Waals surface area contributed by atoms with Crippen LogP contribution >= 0.6 is 11.8 Å². The lowest BCUT2D eigenvalue weighted by Crippen LogP contribution is -1.95. The zero-order valence-electron chi connectivity index (χ0n) is 10.1. The van der Waals surface area contributed by atoms with Gasteiger partial charge in [-0.3, -0.25) is 4.98 Å². The quantitative estimate of drug-likeness (QED) is 0.608. The van der Waals surface area contributed by atoms with Gasteiger partial charge in [0.25, 0.3) is 0 Å². The summed E-state index contributed by atoms with van der Waals surface area (Å²) in [5.74, 6) is 1.72. The van der Waals surface area contributed by atoms with Crippen LogP contribution in [-0.4, -0.2) is 25.5 Å². The molecule has 0 aliphatic rings. The van der Waals surface area contributed by atoms with E-state index in [1.54, 1.807) is 24.2 Å². The number of hydrogen-bond acceptors (Lipinski definition) is 5. The Kier molecular flexibility index (Phi) is 4.31. The molecule has 2 aromatic heterocycles. The summed E-state index contributed by atoms with van der Waals surface area (Å²) in [6.07, 6.45) is 4.94. The summed E-state index contributed by atoms with van der Waals surface area (Å²) >= 11 is 1.63. The maximum absolute atomic E-state index is 8.47. The van der Waals surface area contributed by atoms with Gasteiger partial charge in [0.1, 0.15) is 0 Å². The van der Waals surface area contributed by atoms with Crippen LogP contribution in [0.2, 0.25) is 0 Å². The molecule has 5 nitrogen and oxygen atoms in total. The highest BCUT2D eigenvalue weighted by molar-refractivity contribution is 7.99. The highest BCUT2D eigenvalue weighted by atomic mass is 32.2. The second-order valence-corrected chi connectivity index (χ2v) is 4.77. The molecule has 18 heavy (non-hydrogen) atoms. The van der Waals surface area contributed by atoms with E-state index < -0.39 is 0 Å². The number of aromatic nitrogens is 4. The fraction of sp³-hybridized carbons (Fsp3) is 0.333. The van der Waals surface area contributed by atoms with E-state index >= 15 is 0 Å². The van der Waals surface area contributed by atoms with Crippen molar-refractivity contribution in [3.8, 4) is 17.5 Å². The minimum absolute atomic E-state index is 0.585. The highest BCUT2D eigenvalue weighted by Gasteiger charge is 2.10. The van der Waals surface area contributed by atoms with E-state index in [2.05, 4.69) is 21.3 Å². The summed E-state index contributed by atoms with van der Waals surface area (Å²) in [6, 6.07) is 5.96. The van der Waals surface area contributed by atoms with E-state index in [0.717, 1.165) is 28.7 Å². The third kappa shape index (κ3) is 2.87. The number of pyridine rings is 1. The van der Waals surface area contributed by atoms with Gasteiger partial charge in [-0.15, -0.1) is 10.2 Å². The van der Waals surface area contributed by atoms with Crippen molar-refractivity contribution in [2.75, 3.05) is 5.75 Å². The maximum Gasteiger partial charge on any atom is 0.191 e. The fourth-order valence-corrected chi connectivity index (χ4v) is 2.36. The number of thioether (sulfide) groups is 1. The first-order valence-corrected chi connectivity index (χ1v) is 6.61. The Labute approximate surface area is 110 Å². The topological polar surface area (TPSA) is 67.4 Å². The van der Waals surface area contributed by atoms with Crippen molar-refractivity contribution < 1.29 is 0 Å². The molecule has 2 aromatic rings. The molecule has 0 bridgehead atoms. The number of unbranched alkanes of at least 4 members (excludes halogenated alkanes) is 1. The average molecular weight is 259 g/mol. The first-order chi connectivity index (χ1) is 8.83. The molecule has 6 heteroatoms. The molecule has 0 radical (unpaired) electrons. The highest BCUT2D eigenvalue weighted by Crippen LogP contribution is 2.22. The molecule has 0 spiro atoms. The molecule has 0 unspecified atom stereocenters. The summed E-state index contributed by atoms with van der Waals surface area (Å²) in [7, 11) is 1.95. The van der Waals surface area contributed by atoms with Gasteiger partial charge >= 0.3 is 0 Å². The standard InChI is InChI=1S/C12H13N5S/c1-17-11(10-4-7-14-8-5-10)15-16-12(17)18-9-3-2-6-13/h4-5,7-8H,2-3,9H2,1H3. The van der Waals surface area contributed by atoms with Gasteiger partial charge in [0.2, 0.25) is 0 Å². The van der Waals surface area contributed by atoms with Gasteiger partial charge in [-0.1, -0.05) is 11.8 Å². The summed E-state index contributed by atoms with van der Waals surface area (Å²) in [6.45, 7) is 0. The predicted octanol–water partition coefficient (Wildman–Crippen LogP) is 2.27. The Morgan fingerprint density at radius 2 is 2.11 bits per heavy atom. The smallest absolute Gasteiger partial charge is 0.191 e. The summed E-state index contributed by atoms with van der Waals surface area (Å²) in [4.78, 5) is 3.98. The van der Waals surface area contributed by atoms with Crippen molar-refractivity contribution in [1.29, 1.82) is 5.26 Å². The number of hydrogen-bond donors (Lipinski definition) is 0. The van der Waals surface area contributed by atoms with Crippen molar-refractivity contribution in [2.45, 2.75) is 18.0 Å². The first-order valence-electron chi connectivity index (χ1n) is 5.62. The molecule has 2 heterocycles. The number of nitriles is 1. The minimum Gasteiger partial charge on any atom is -0.305 e. The van der Waals surface area contributed by atoms with E-state index in [0.29, 0.717) is 6.42 Å². The van der Waals surface area contributed by atoms with Gasteiger partial charge in [0.15, 0.2) is 11.0 Å². The van der Waals surface area contributed by atoms with Crippen molar-refractivity contribution in [3.63, 3.8) is 0 Å². The average Bonchev–Trinajstić information content (AvgIpc) is 2.77. The zero-order chi connectivity index (χ0) is 12.8. The molecular formula is C12H13N5S. The third-order valence-electron chi connectivity index (χ3n) is 2.44. The van der Waals surface area contributed by atoms with Crippen LogP contribution < -0.4 is 0 Å². The van der Waals surface area contributed by atoms with Crippen LogP contribution in [0.1, 0.15) is 12.8 Å². The molecule has 0 saturated heterocycles. The normalized spacial score (nSPS) is 10.2. The zero-order valence-corrected chi connectivity index (χ0v) is 10.9. The van der Waals surface area contributed by atoms with Crippen LogP contribution in [-0.2, 0) is 7.05 Å². The van der Waals surface area contributed by atoms with Crippen LogP contribution in [0.15, 0.2) is 29.7 Å².